The third kappa shape index (κ3) is 3.34. The average Bonchev–Trinajstić information content (AvgIpc) is 2.96. The number of carbonyl (C=O) groups excluding carboxylic acids is 2. The molecule has 1 aliphatic heterocycles. The molecule has 3 aromatic carbocycles. The summed E-state index contributed by atoms with van der Waals surface area (Å²) in [6, 6.07) is 22.6. The van der Waals surface area contributed by atoms with Crippen LogP contribution >= 0.6 is 0 Å². The van der Waals surface area contributed by atoms with Crippen molar-refractivity contribution in [2.45, 2.75) is 20.8 Å². The number of amides is 2. The highest BCUT2D eigenvalue weighted by molar-refractivity contribution is 6.46. The van der Waals surface area contributed by atoms with Gasteiger partial charge < -0.3 is 5.32 Å². The van der Waals surface area contributed by atoms with Crippen molar-refractivity contribution in [1.29, 1.82) is 0 Å². The minimum absolute atomic E-state index is 0.302. The average molecular weight is 382 g/mol. The third-order valence-corrected chi connectivity index (χ3v) is 5.30. The Hall–Kier alpha value is -3.66. The van der Waals surface area contributed by atoms with Gasteiger partial charge in [0, 0.05) is 5.69 Å². The molecule has 144 valence electrons. The number of anilines is 2. The Morgan fingerprint density at radius 2 is 1.38 bits per heavy atom. The van der Waals surface area contributed by atoms with Gasteiger partial charge in [-0.15, -0.1) is 0 Å². The Bertz CT molecular complexity index is 1150. The molecule has 0 bridgehead atoms. The highest BCUT2D eigenvalue weighted by Crippen LogP contribution is 2.34. The quantitative estimate of drug-likeness (QED) is 0.646. The Morgan fingerprint density at radius 3 is 2.07 bits per heavy atom. The number of carbonyl (C=O) groups is 2. The maximum Gasteiger partial charge on any atom is 0.282 e. The monoisotopic (exact) mass is 382 g/mol. The van der Waals surface area contributed by atoms with E-state index in [-0.39, 0.29) is 11.8 Å². The van der Waals surface area contributed by atoms with Crippen molar-refractivity contribution in [3.8, 4) is 0 Å². The topological polar surface area (TPSA) is 49.4 Å². The molecule has 0 saturated heterocycles. The minimum atomic E-state index is -0.349. The third-order valence-electron chi connectivity index (χ3n) is 5.30. The second-order valence-electron chi connectivity index (χ2n) is 7.27. The van der Waals surface area contributed by atoms with E-state index in [1.54, 1.807) is 12.1 Å². The molecule has 4 rings (SSSR count). The zero-order valence-electron chi connectivity index (χ0n) is 16.7. The fraction of sp³-hybridized carbons (Fsp3) is 0.120. The molecule has 4 nitrogen and oxygen atoms in total. The van der Waals surface area contributed by atoms with Crippen molar-refractivity contribution in [3.63, 3.8) is 0 Å². The summed E-state index contributed by atoms with van der Waals surface area (Å²) in [5.41, 5.74) is 6.01. The molecule has 29 heavy (non-hydrogen) atoms. The van der Waals surface area contributed by atoms with Gasteiger partial charge in [-0.3, -0.25) is 9.59 Å². The van der Waals surface area contributed by atoms with Crippen molar-refractivity contribution in [2.75, 3.05) is 10.2 Å². The summed E-state index contributed by atoms with van der Waals surface area (Å²) in [5.74, 6) is -0.668. The lowest BCUT2D eigenvalue weighted by atomic mass is 9.99. The summed E-state index contributed by atoms with van der Waals surface area (Å²) in [4.78, 5) is 28.0. The zero-order valence-corrected chi connectivity index (χ0v) is 16.7. The van der Waals surface area contributed by atoms with Gasteiger partial charge in [-0.05, 0) is 61.2 Å². The molecule has 2 amide bonds. The molecule has 1 N–H and O–H groups in total. The summed E-state index contributed by atoms with van der Waals surface area (Å²) >= 11 is 0. The minimum Gasteiger partial charge on any atom is -0.350 e. The van der Waals surface area contributed by atoms with Crippen LogP contribution in [0.4, 0.5) is 11.4 Å². The summed E-state index contributed by atoms with van der Waals surface area (Å²) in [6.07, 6.45) is 0. The fourth-order valence-corrected chi connectivity index (χ4v) is 3.47. The molecule has 0 spiro atoms. The van der Waals surface area contributed by atoms with Crippen LogP contribution in [0.25, 0.3) is 5.57 Å². The molecule has 0 saturated carbocycles. The van der Waals surface area contributed by atoms with Crippen molar-refractivity contribution in [2.24, 2.45) is 0 Å². The smallest absolute Gasteiger partial charge is 0.282 e. The van der Waals surface area contributed by atoms with E-state index in [1.165, 1.54) is 4.90 Å². The van der Waals surface area contributed by atoms with Gasteiger partial charge in [-0.25, -0.2) is 4.90 Å². The van der Waals surface area contributed by atoms with Gasteiger partial charge in [0.1, 0.15) is 5.70 Å². The first kappa shape index (κ1) is 18.7. The number of benzene rings is 3. The largest absolute Gasteiger partial charge is 0.350 e. The predicted molar refractivity (Wildman–Crippen MR) is 117 cm³/mol. The second-order valence-corrected chi connectivity index (χ2v) is 7.27. The van der Waals surface area contributed by atoms with Crippen LogP contribution in [-0.4, -0.2) is 11.8 Å². The highest BCUT2D eigenvalue weighted by atomic mass is 16.2. The molecule has 3 aromatic rings. The number of imide groups is 1. The van der Waals surface area contributed by atoms with Gasteiger partial charge in [-0.1, -0.05) is 54.6 Å². The highest BCUT2D eigenvalue weighted by Gasteiger charge is 2.40. The Kier molecular flexibility index (Phi) is 4.77. The van der Waals surface area contributed by atoms with Crippen molar-refractivity contribution in [3.05, 3.63) is 101 Å². The molecule has 1 aliphatic rings. The van der Waals surface area contributed by atoms with Crippen LogP contribution in [0.3, 0.4) is 0 Å². The van der Waals surface area contributed by atoms with E-state index in [9.17, 15) is 9.59 Å². The molecular weight excluding hydrogens is 360 g/mol. The lowest BCUT2D eigenvalue weighted by Crippen LogP contribution is -2.32. The van der Waals surface area contributed by atoms with E-state index in [4.69, 9.17) is 0 Å². The molecule has 1 heterocycles. The van der Waals surface area contributed by atoms with E-state index < -0.39 is 0 Å². The van der Waals surface area contributed by atoms with E-state index in [2.05, 4.69) is 5.32 Å². The number of para-hydroxylation sites is 2. The summed E-state index contributed by atoms with van der Waals surface area (Å²) in [7, 11) is 0. The molecule has 0 fully saturated rings. The van der Waals surface area contributed by atoms with E-state index in [0.29, 0.717) is 17.0 Å². The molecule has 0 aromatic heterocycles. The standard InChI is InChI=1S/C25H22N2O2/c1-16-13-14-19(15-18(16)3)22-23(26-21-12-8-7-9-17(21)2)25(29)27(24(22)28)20-10-5-4-6-11-20/h4-15,26H,1-3H3. The Morgan fingerprint density at radius 1 is 0.690 bits per heavy atom. The molecule has 0 radical (unpaired) electrons. The first-order valence-corrected chi connectivity index (χ1v) is 9.56. The van der Waals surface area contributed by atoms with Crippen LogP contribution in [-0.2, 0) is 9.59 Å². The van der Waals surface area contributed by atoms with Crippen LogP contribution in [0.15, 0.2) is 78.5 Å². The summed E-state index contributed by atoms with van der Waals surface area (Å²) in [5, 5.41) is 3.24. The maximum atomic E-state index is 13.4. The number of nitrogens with one attached hydrogen (secondary N) is 1. The molecule has 0 aliphatic carbocycles. The molecule has 0 unspecified atom stereocenters. The Balaban J connectivity index is 1.87. The fourth-order valence-electron chi connectivity index (χ4n) is 3.47. The lowest BCUT2D eigenvalue weighted by molar-refractivity contribution is -0.120. The first-order valence-electron chi connectivity index (χ1n) is 9.56. The van der Waals surface area contributed by atoms with Crippen LogP contribution in [0.5, 0.6) is 0 Å². The van der Waals surface area contributed by atoms with Gasteiger partial charge >= 0.3 is 0 Å². The van der Waals surface area contributed by atoms with E-state index in [1.807, 2.05) is 81.4 Å². The van der Waals surface area contributed by atoms with E-state index >= 15 is 0 Å². The van der Waals surface area contributed by atoms with Crippen molar-refractivity contribution in [1.82, 2.24) is 0 Å². The SMILES string of the molecule is Cc1ccc(C2=C(Nc3ccccc3C)C(=O)N(c3ccccc3)C2=O)cc1C. The summed E-state index contributed by atoms with van der Waals surface area (Å²) < 4.78 is 0. The normalized spacial score (nSPS) is 14.0. The van der Waals surface area contributed by atoms with Gasteiger partial charge in [-0.2, -0.15) is 0 Å². The van der Waals surface area contributed by atoms with E-state index in [0.717, 1.165) is 27.9 Å². The van der Waals surface area contributed by atoms with Crippen LogP contribution < -0.4 is 10.2 Å². The molecule has 4 heteroatoms. The van der Waals surface area contributed by atoms with Crippen LogP contribution in [0.1, 0.15) is 22.3 Å². The first-order chi connectivity index (χ1) is 14.0. The summed E-state index contributed by atoms with van der Waals surface area (Å²) in [6.45, 7) is 6.00. The van der Waals surface area contributed by atoms with Gasteiger partial charge in [0.2, 0.25) is 0 Å². The second kappa shape index (κ2) is 7.40. The maximum absolute atomic E-state index is 13.4. The molecular formula is C25H22N2O2. The number of hydrogen-bond donors (Lipinski definition) is 1. The lowest BCUT2D eigenvalue weighted by Gasteiger charge is -2.15. The predicted octanol–water partition coefficient (Wildman–Crippen LogP) is 5.01. The van der Waals surface area contributed by atoms with Crippen molar-refractivity contribution < 1.29 is 9.59 Å². The van der Waals surface area contributed by atoms with Gasteiger partial charge in [0.25, 0.3) is 11.8 Å². The molecule has 0 atom stereocenters. The van der Waals surface area contributed by atoms with Gasteiger partial charge in [0.05, 0.1) is 11.3 Å². The number of nitrogens with zero attached hydrogens (tertiary/aromatic N) is 1. The van der Waals surface area contributed by atoms with Gasteiger partial charge in [0.15, 0.2) is 0 Å². The van der Waals surface area contributed by atoms with Crippen molar-refractivity contribution >= 4 is 28.8 Å². The van der Waals surface area contributed by atoms with Crippen LogP contribution in [0.2, 0.25) is 0 Å². The Labute approximate surface area is 170 Å². The van der Waals surface area contributed by atoms with Crippen LogP contribution in [0, 0.1) is 20.8 Å². The number of aryl methyl sites for hydroxylation is 3. The zero-order chi connectivity index (χ0) is 20.5. The number of hydrogen-bond acceptors (Lipinski definition) is 3. The number of rotatable bonds is 4.